The van der Waals surface area contributed by atoms with Gasteiger partial charge in [0.2, 0.25) is 0 Å². The molecule has 0 bridgehead atoms. The lowest BCUT2D eigenvalue weighted by atomic mass is 10.3. The summed E-state index contributed by atoms with van der Waals surface area (Å²) in [6, 6.07) is 7.09. The second-order valence-electron chi connectivity index (χ2n) is 3.96. The van der Waals surface area contributed by atoms with Gasteiger partial charge in [-0.15, -0.1) is 10.2 Å². The molecular formula is C13H13ClN2O4S. The molecule has 0 fully saturated rings. The molecule has 0 aliphatic heterocycles. The van der Waals surface area contributed by atoms with Crippen molar-refractivity contribution in [2.24, 2.45) is 0 Å². The number of para-hydroxylation sites is 1. The number of hydrogen-bond donors (Lipinski definition) is 0. The zero-order chi connectivity index (χ0) is 15.2. The van der Waals surface area contributed by atoms with Crippen molar-refractivity contribution >= 4 is 29.3 Å². The minimum Gasteiger partial charge on any atom is -0.482 e. The third kappa shape index (κ3) is 4.37. The third-order valence-electron chi connectivity index (χ3n) is 2.45. The average Bonchev–Trinajstić information content (AvgIpc) is 2.93. The van der Waals surface area contributed by atoms with Crippen LogP contribution in [0.1, 0.15) is 12.8 Å². The minimum absolute atomic E-state index is 0.101. The number of ether oxygens (including phenoxy) is 2. The van der Waals surface area contributed by atoms with Crippen molar-refractivity contribution in [2.45, 2.75) is 24.0 Å². The van der Waals surface area contributed by atoms with Crippen LogP contribution >= 0.6 is 23.4 Å². The fourth-order valence-corrected chi connectivity index (χ4v) is 2.33. The molecule has 0 radical (unpaired) electrons. The predicted octanol–water partition coefficient (Wildman–Crippen LogP) is 2.96. The first-order valence-corrected chi connectivity index (χ1v) is 7.30. The molecule has 21 heavy (non-hydrogen) atoms. The number of carbonyl (C=O) groups excluding carboxylic acids is 1. The highest BCUT2D eigenvalue weighted by molar-refractivity contribution is 8.00. The molecule has 0 aliphatic rings. The maximum atomic E-state index is 11.3. The molecule has 0 spiro atoms. The molecule has 0 saturated carbocycles. The summed E-state index contributed by atoms with van der Waals surface area (Å²) in [4.78, 5) is 11.3. The SMILES string of the molecule is COC(=O)C(C)Sc1nnc(COc2ccccc2Cl)o1. The Balaban J connectivity index is 1.91. The van der Waals surface area contributed by atoms with Crippen LogP contribution in [-0.2, 0) is 16.1 Å². The zero-order valence-corrected chi connectivity index (χ0v) is 13.0. The number of carbonyl (C=O) groups is 1. The van der Waals surface area contributed by atoms with E-state index >= 15 is 0 Å². The zero-order valence-electron chi connectivity index (χ0n) is 11.4. The smallest absolute Gasteiger partial charge is 0.319 e. The number of nitrogens with zero attached hydrogens (tertiary/aromatic N) is 2. The third-order valence-corrected chi connectivity index (χ3v) is 3.67. The van der Waals surface area contributed by atoms with Gasteiger partial charge in [-0.1, -0.05) is 35.5 Å². The van der Waals surface area contributed by atoms with Crippen LogP contribution in [0.25, 0.3) is 0 Å². The normalized spacial score (nSPS) is 12.0. The predicted molar refractivity (Wildman–Crippen MR) is 77.4 cm³/mol. The van der Waals surface area contributed by atoms with Gasteiger partial charge in [-0.25, -0.2) is 0 Å². The van der Waals surface area contributed by atoms with Crippen molar-refractivity contribution in [3.8, 4) is 5.75 Å². The number of benzene rings is 1. The molecule has 1 atom stereocenters. The minimum atomic E-state index is -0.423. The van der Waals surface area contributed by atoms with Crippen molar-refractivity contribution in [1.29, 1.82) is 0 Å². The first kappa shape index (κ1) is 15.7. The Morgan fingerprint density at radius 1 is 1.43 bits per heavy atom. The fraction of sp³-hybridized carbons (Fsp3) is 0.308. The van der Waals surface area contributed by atoms with Crippen LogP contribution in [0.5, 0.6) is 5.75 Å². The van der Waals surface area contributed by atoms with Gasteiger partial charge in [-0.2, -0.15) is 0 Å². The molecule has 1 heterocycles. The highest BCUT2D eigenvalue weighted by Crippen LogP contribution is 2.25. The van der Waals surface area contributed by atoms with Gasteiger partial charge in [0.15, 0.2) is 6.61 Å². The average molecular weight is 329 g/mol. The Bertz CT molecular complexity index is 620. The van der Waals surface area contributed by atoms with Gasteiger partial charge in [0.25, 0.3) is 11.1 Å². The molecule has 2 aromatic rings. The van der Waals surface area contributed by atoms with Crippen LogP contribution in [0.15, 0.2) is 33.9 Å². The van der Waals surface area contributed by atoms with Crippen molar-refractivity contribution in [3.63, 3.8) is 0 Å². The summed E-state index contributed by atoms with van der Waals surface area (Å²) in [5.74, 6) is 0.482. The lowest BCUT2D eigenvalue weighted by molar-refractivity contribution is -0.139. The van der Waals surface area contributed by atoms with E-state index in [4.69, 9.17) is 20.8 Å². The number of methoxy groups -OCH3 is 1. The van der Waals surface area contributed by atoms with E-state index in [0.29, 0.717) is 16.7 Å². The standard InChI is InChI=1S/C13H13ClN2O4S/c1-8(12(17)18-2)21-13-16-15-11(20-13)7-19-10-6-4-3-5-9(10)14/h3-6,8H,7H2,1-2H3. The van der Waals surface area contributed by atoms with Gasteiger partial charge in [-0.3, -0.25) is 4.79 Å². The Morgan fingerprint density at radius 2 is 2.19 bits per heavy atom. The highest BCUT2D eigenvalue weighted by atomic mass is 35.5. The number of rotatable bonds is 6. The van der Waals surface area contributed by atoms with E-state index in [1.807, 2.05) is 12.1 Å². The van der Waals surface area contributed by atoms with E-state index in [1.54, 1.807) is 19.1 Å². The largest absolute Gasteiger partial charge is 0.482 e. The van der Waals surface area contributed by atoms with Crippen LogP contribution in [0.4, 0.5) is 0 Å². The van der Waals surface area contributed by atoms with Crippen LogP contribution in [-0.4, -0.2) is 28.5 Å². The Kier molecular flexibility index (Phi) is 5.46. The van der Waals surface area contributed by atoms with E-state index in [0.717, 1.165) is 11.8 Å². The first-order chi connectivity index (χ1) is 10.1. The Hall–Kier alpha value is -1.73. The molecule has 0 saturated heterocycles. The van der Waals surface area contributed by atoms with Gasteiger partial charge < -0.3 is 13.9 Å². The van der Waals surface area contributed by atoms with Gasteiger partial charge in [0, 0.05) is 0 Å². The quantitative estimate of drug-likeness (QED) is 0.596. The highest BCUT2D eigenvalue weighted by Gasteiger charge is 2.18. The van der Waals surface area contributed by atoms with Crippen molar-refractivity contribution in [1.82, 2.24) is 10.2 Å². The molecule has 1 aromatic heterocycles. The van der Waals surface area contributed by atoms with Gasteiger partial charge in [0.1, 0.15) is 11.0 Å². The molecule has 1 aromatic carbocycles. The Labute approximate surface area is 130 Å². The maximum absolute atomic E-state index is 11.3. The number of esters is 1. The summed E-state index contributed by atoms with van der Waals surface area (Å²) in [6.07, 6.45) is 0. The van der Waals surface area contributed by atoms with E-state index in [2.05, 4.69) is 14.9 Å². The van der Waals surface area contributed by atoms with Crippen LogP contribution in [0.3, 0.4) is 0 Å². The first-order valence-electron chi connectivity index (χ1n) is 6.04. The molecule has 0 aliphatic carbocycles. The molecule has 112 valence electrons. The van der Waals surface area contributed by atoms with Crippen molar-refractivity contribution < 1.29 is 18.7 Å². The van der Waals surface area contributed by atoms with Gasteiger partial charge in [-0.05, 0) is 19.1 Å². The molecule has 2 rings (SSSR count). The summed E-state index contributed by atoms with van der Waals surface area (Å²) in [7, 11) is 1.33. The monoisotopic (exact) mass is 328 g/mol. The summed E-state index contributed by atoms with van der Waals surface area (Å²) < 4.78 is 15.5. The molecule has 1 unspecified atom stereocenters. The molecule has 6 nitrogen and oxygen atoms in total. The molecule has 0 amide bonds. The van der Waals surface area contributed by atoms with E-state index in [9.17, 15) is 4.79 Å². The number of thioether (sulfide) groups is 1. The van der Waals surface area contributed by atoms with Gasteiger partial charge in [0.05, 0.1) is 12.1 Å². The van der Waals surface area contributed by atoms with Gasteiger partial charge >= 0.3 is 5.97 Å². The number of aromatic nitrogens is 2. The summed E-state index contributed by atoms with van der Waals surface area (Å²) in [5.41, 5.74) is 0. The summed E-state index contributed by atoms with van der Waals surface area (Å²) in [6.45, 7) is 1.80. The van der Waals surface area contributed by atoms with Crippen molar-refractivity contribution in [3.05, 3.63) is 35.2 Å². The van der Waals surface area contributed by atoms with E-state index < -0.39 is 5.25 Å². The lowest BCUT2D eigenvalue weighted by Gasteiger charge is -2.05. The maximum Gasteiger partial charge on any atom is 0.319 e. The number of hydrogen-bond acceptors (Lipinski definition) is 7. The second-order valence-corrected chi connectivity index (χ2v) is 5.66. The summed E-state index contributed by atoms with van der Waals surface area (Å²) in [5, 5.41) is 8.04. The summed E-state index contributed by atoms with van der Waals surface area (Å²) >= 11 is 7.09. The molecular weight excluding hydrogens is 316 g/mol. The van der Waals surface area contributed by atoms with Crippen LogP contribution < -0.4 is 4.74 Å². The fourth-order valence-electron chi connectivity index (χ4n) is 1.41. The Morgan fingerprint density at radius 3 is 2.90 bits per heavy atom. The molecule has 0 N–H and O–H groups in total. The second kappa shape index (κ2) is 7.33. The van der Waals surface area contributed by atoms with E-state index in [-0.39, 0.29) is 17.8 Å². The van der Waals surface area contributed by atoms with Crippen LogP contribution in [0, 0.1) is 0 Å². The lowest BCUT2D eigenvalue weighted by Crippen LogP contribution is -2.14. The van der Waals surface area contributed by atoms with E-state index in [1.165, 1.54) is 7.11 Å². The molecule has 8 heteroatoms. The van der Waals surface area contributed by atoms with Crippen LogP contribution in [0.2, 0.25) is 5.02 Å². The topological polar surface area (TPSA) is 74.5 Å². The van der Waals surface area contributed by atoms with Crippen molar-refractivity contribution in [2.75, 3.05) is 7.11 Å². The number of halogens is 1.